The minimum absolute atomic E-state index is 0.0946. The van der Waals surface area contributed by atoms with Crippen LogP contribution in [0.1, 0.15) is 55.1 Å². The number of amides is 1. The number of carbonyl (C=O) groups excluding carboxylic acids is 1. The standard InChI is InChI=1S/C37H37FN2O3/c1-3-33(37(42)43)40-34-18-16-28(38)21-31(34)32-22-29(17-19-35(32)40)39(36(41)24(2)20-25-10-5-4-6-11-25)23-27-14-9-13-26-12-7-8-15-30(26)27/h4-16,18,21,24,29,33H,3,17,19-20,22-23H2,1-2H3,(H,42,43)/t24-,29-,33?/m0/s1. The van der Waals surface area contributed by atoms with E-state index in [1.54, 1.807) is 6.07 Å². The van der Waals surface area contributed by atoms with E-state index in [1.807, 2.05) is 59.7 Å². The van der Waals surface area contributed by atoms with E-state index in [4.69, 9.17) is 0 Å². The van der Waals surface area contributed by atoms with E-state index in [9.17, 15) is 19.1 Å². The molecule has 6 rings (SSSR count). The van der Waals surface area contributed by atoms with Gasteiger partial charge in [-0.15, -0.1) is 0 Å². The van der Waals surface area contributed by atoms with E-state index in [1.165, 1.54) is 12.1 Å². The van der Waals surface area contributed by atoms with Gasteiger partial charge in [-0.1, -0.05) is 86.6 Å². The van der Waals surface area contributed by atoms with Gasteiger partial charge in [-0.3, -0.25) is 4.79 Å². The smallest absolute Gasteiger partial charge is 0.326 e. The highest BCUT2D eigenvalue weighted by molar-refractivity contribution is 5.89. The molecule has 1 aliphatic carbocycles. The average Bonchev–Trinajstić information content (AvgIpc) is 3.32. The first-order valence-corrected chi connectivity index (χ1v) is 15.2. The first-order valence-electron chi connectivity index (χ1n) is 15.2. The summed E-state index contributed by atoms with van der Waals surface area (Å²) in [5.41, 5.74) is 4.86. The number of carbonyl (C=O) groups is 2. The number of nitrogens with zero attached hydrogens (tertiary/aromatic N) is 2. The maximum absolute atomic E-state index is 14.6. The largest absolute Gasteiger partial charge is 0.480 e. The number of benzene rings is 4. The Morgan fingerprint density at radius 2 is 1.72 bits per heavy atom. The van der Waals surface area contributed by atoms with E-state index in [0.717, 1.165) is 44.1 Å². The van der Waals surface area contributed by atoms with E-state index in [0.29, 0.717) is 38.6 Å². The molecule has 0 spiro atoms. The van der Waals surface area contributed by atoms with E-state index in [-0.39, 0.29) is 23.7 Å². The first kappa shape index (κ1) is 28.7. The molecule has 0 saturated carbocycles. The van der Waals surface area contributed by atoms with Crippen molar-refractivity contribution in [2.45, 2.75) is 64.6 Å². The van der Waals surface area contributed by atoms with Gasteiger partial charge in [0.25, 0.3) is 0 Å². The molecule has 5 nitrogen and oxygen atoms in total. The molecular formula is C37H37FN2O3. The van der Waals surface area contributed by atoms with Crippen LogP contribution in [0.4, 0.5) is 4.39 Å². The molecule has 43 heavy (non-hydrogen) atoms. The van der Waals surface area contributed by atoms with Gasteiger partial charge < -0.3 is 14.6 Å². The van der Waals surface area contributed by atoms with Crippen LogP contribution in [0.5, 0.6) is 0 Å². The maximum Gasteiger partial charge on any atom is 0.326 e. The number of fused-ring (bicyclic) bond motifs is 4. The lowest BCUT2D eigenvalue weighted by Gasteiger charge is -2.37. The third kappa shape index (κ3) is 5.54. The van der Waals surface area contributed by atoms with Crippen molar-refractivity contribution in [3.63, 3.8) is 0 Å². The second-order valence-corrected chi connectivity index (χ2v) is 11.8. The first-order chi connectivity index (χ1) is 20.9. The number of hydrogen-bond acceptors (Lipinski definition) is 2. The summed E-state index contributed by atoms with van der Waals surface area (Å²) in [7, 11) is 0. The third-order valence-electron chi connectivity index (χ3n) is 9.07. The topological polar surface area (TPSA) is 62.5 Å². The van der Waals surface area contributed by atoms with Crippen LogP contribution in [0, 0.1) is 11.7 Å². The Hall–Kier alpha value is -4.45. The van der Waals surface area contributed by atoms with Gasteiger partial charge in [-0.25, -0.2) is 9.18 Å². The van der Waals surface area contributed by atoms with Crippen molar-refractivity contribution in [1.29, 1.82) is 0 Å². The number of carboxylic acid groups (broad SMARTS) is 1. The molecule has 220 valence electrons. The minimum atomic E-state index is -0.892. The summed E-state index contributed by atoms with van der Waals surface area (Å²) in [5, 5.41) is 13.1. The summed E-state index contributed by atoms with van der Waals surface area (Å²) in [6.45, 7) is 4.34. The van der Waals surface area contributed by atoms with Crippen molar-refractivity contribution in [3.8, 4) is 0 Å². The van der Waals surface area contributed by atoms with E-state index >= 15 is 0 Å². The van der Waals surface area contributed by atoms with Crippen molar-refractivity contribution in [1.82, 2.24) is 9.47 Å². The quantitative estimate of drug-likeness (QED) is 0.195. The van der Waals surface area contributed by atoms with E-state index < -0.39 is 12.0 Å². The van der Waals surface area contributed by atoms with Crippen molar-refractivity contribution in [2.75, 3.05) is 0 Å². The summed E-state index contributed by atoms with van der Waals surface area (Å²) in [6, 6.07) is 28.4. The van der Waals surface area contributed by atoms with Crippen LogP contribution in [-0.2, 0) is 35.4 Å². The Bertz CT molecular complexity index is 1790. The number of rotatable bonds is 9. The van der Waals surface area contributed by atoms with Gasteiger partial charge in [0.05, 0.1) is 0 Å². The van der Waals surface area contributed by atoms with Gasteiger partial charge in [0, 0.05) is 35.1 Å². The lowest BCUT2D eigenvalue weighted by atomic mass is 9.88. The highest BCUT2D eigenvalue weighted by Gasteiger charge is 2.35. The zero-order valence-electron chi connectivity index (χ0n) is 24.7. The predicted octanol–water partition coefficient (Wildman–Crippen LogP) is 7.73. The lowest BCUT2D eigenvalue weighted by molar-refractivity contribution is -0.141. The van der Waals surface area contributed by atoms with Crippen LogP contribution in [0.2, 0.25) is 0 Å². The second-order valence-electron chi connectivity index (χ2n) is 11.8. The van der Waals surface area contributed by atoms with Crippen molar-refractivity contribution >= 4 is 33.6 Å². The van der Waals surface area contributed by atoms with Crippen LogP contribution in [0.15, 0.2) is 91.0 Å². The van der Waals surface area contributed by atoms with Crippen molar-refractivity contribution in [2.24, 2.45) is 5.92 Å². The maximum atomic E-state index is 14.6. The molecule has 1 unspecified atom stereocenters. The number of carboxylic acids is 1. The minimum Gasteiger partial charge on any atom is -0.480 e. The summed E-state index contributed by atoms with van der Waals surface area (Å²) in [4.78, 5) is 28.7. The molecule has 0 radical (unpaired) electrons. The normalized spacial score (nSPS) is 16.1. The zero-order valence-corrected chi connectivity index (χ0v) is 24.7. The third-order valence-corrected chi connectivity index (χ3v) is 9.07. The summed E-state index contributed by atoms with van der Waals surface area (Å²) in [6.07, 6.45) is 2.94. The molecule has 5 aromatic rings. The summed E-state index contributed by atoms with van der Waals surface area (Å²) in [5.74, 6) is -1.37. The fourth-order valence-corrected chi connectivity index (χ4v) is 6.97. The highest BCUT2D eigenvalue weighted by Crippen LogP contribution is 2.38. The number of aromatic nitrogens is 1. The van der Waals surface area contributed by atoms with Gasteiger partial charge in [0.1, 0.15) is 11.9 Å². The Morgan fingerprint density at radius 3 is 2.49 bits per heavy atom. The monoisotopic (exact) mass is 576 g/mol. The van der Waals surface area contributed by atoms with Crippen LogP contribution >= 0.6 is 0 Å². The molecule has 6 heteroatoms. The van der Waals surface area contributed by atoms with Gasteiger partial charge >= 0.3 is 5.97 Å². The molecule has 0 saturated heterocycles. The molecule has 1 heterocycles. The molecule has 0 fully saturated rings. The molecule has 0 aliphatic heterocycles. The van der Waals surface area contributed by atoms with Gasteiger partial charge in [0.15, 0.2) is 0 Å². The van der Waals surface area contributed by atoms with Gasteiger partial charge in [-0.05, 0) is 77.8 Å². The molecule has 1 N–H and O–H groups in total. The van der Waals surface area contributed by atoms with Crippen LogP contribution in [-0.4, -0.2) is 32.5 Å². The fourth-order valence-electron chi connectivity index (χ4n) is 6.97. The second kappa shape index (κ2) is 12.0. The Morgan fingerprint density at radius 1 is 0.977 bits per heavy atom. The zero-order chi connectivity index (χ0) is 30.1. The Kier molecular flexibility index (Phi) is 8.02. The molecule has 1 aromatic heterocycles. The highest BCUT2D eigenvalue weighted by atomic mass is 19.1. The average molecular weight is 577 g/mol. The van der Waals surface area contributed by atoms with Crippen LogP contribution < -0.4 is 0 Å². The molecule has 1 amide bonds. The van der Waals surface area contributed by atoms with Crippen LogP contribution in [0.3, 0.4) is 0 Å². The predicted molar refractivity (Wildman–Crippen MR) is 168 cm³/mol. The fraction of sp³-hybridized carbons (Fsp3) is 0.297. The molecule has 3 atom stereocenters. The molecule has 1 aliphatic rings. The van der Waals surface area contributed by atoms with Crippen molar-refractivity contribution in [3.05, 3.63) is 119 Å². The Labute approximate surface area is 251 Å². The van der Waals surface area contributed by atoms with Gasteiger partial charge in [0.2, 0.25) is 5.91 Å². The molecule has 0 bridgehead atoms. The number of halogens is 1. The SMILES string of the molecule is CCC(C(=O)O)n1c2c(c3cc(F)ccc31)C[C@@H](N(Cc1cccc3ccccc13)C(=O)[C@@H](C)Cc1ccccc1)CC2. The lowest BCUT2D eigenvalue weighted by Crippen LogP contribution is -2.45. The van der Waals surface area contributed by atoms with Gasteiger partial charge in [-0.2, -0.15) is 0 Å². The van der Waals surface area contributed by atoms with Crippen LogP contribution in [0.25, 0.3) is 21.7 Å². The molecular weight excluding hydrogens is 539 g/mol. The molecule has 4 aromatic carbocycles. The number of hydrogen-bond donors (Lipinski definition) is 1. The summed E-state index contributed by atoms with van der Waals surface area (Å²) >= 11 is 0. The number of aliphatic carboxylic acids is 1. The van der Waals surface area contributed by atoms with E-state index in [2.05, 4.69) is 36.4 Å². The Balaban J connectivity index is 1.41. The summed E-state index contributed by atoms with van der Waals surface area (Å²) < 4.78 is 16.5. The van der Waals surface area contributed by atoms with Crippen molar-refractivity contribution < 1.29 is 19.1 Å².